The van der Waals surface area contributed by atoms with Crippen LogP contribution in [0.5, 0.6) is 11.5 Å². The fourth-order valence-corrected chi connectivity index (χ4v) is 3.40. The van der Waals surface area contributed by atoms with Crippen molar-refractivity contribution < 1.29 is 9.47 Å². The lowest BCUT2D eigenvalue weighted by atomic mass is 10.2. The fourth-order valence-electron chi connectivity index (χ4n) is 2.36. The highest BCUT2D eigenvalue weighted by Gasteiger charge is 2.13. The molecule has 0 atom stereocenters. The molecular weight excluding hydrogens is 367 g/mol. The number of benzene rings is 2. The average molecular weight is 379 g/mol. The quantitative estimate of drug-likeness (QED) is 0.640. The Labute approximate surface area is 153 Å². The first-order valence-corrected chi connectivity index (χ1v) is 8.90. The lowest BCUT2D eigenvalue weighted by Gasteiger charge is -2.18. The summed E-state index contributed by atoms with van der Waals surface area (Å²) in [4.78, 5) is 4.59. The van der Waals surface area contributed by atoms with Gasteiger partial charge in [-0.1, -0.05) is 29.3 Å². The van der Waals surface area contributed by atoms with Crippen LogP contribution in [0.3, 0.4) is 0 Å². The predicted molar refractivity (Wildman–Crippen MR) is 98.3 cm³/mol. The molecule has 0 aliphatic carbocycles. The van der Waals surface area contributed by atoms with Crippen molar-refractivity contribution in [3.8, 4) is 22.8 Å². The molecule has 1 N–H and O–H groups in total. The lowest BCUT2D eigenvalue weighted by Crippen LogP contribution is -2.15. The van der Waals surface area contributed by atoms with Gasteiger partial charge in [0.15, 0.2) is 16.6 Å². The van der Waals surface area contributed by atoms with Crippen molar-refractivity contribution in [1.82, 2.24) is 4.98 Å². The number of thiazole rings is 1. The molecular formula is C17H12Cl2N2O2S. The molecule has 1 aromatic heterocycles. The number of hydrogen-bond donors (Lipinski definition) is 1. The summed E-state index contributed by atoms with van der Waals surface area (Å²) in [6, 6.07) is 11.2. The van der Waals surface area contributed by atoms with Crippen molar-refractivity contribution in [2.24, 2.45) is 0 Å². The van der Waals surface area contributed by atoms with Crippen LogP contribution in [0.15, 0.2) is 41.8 Å². The van der Waals surface area contributed by atoms with Gasteiger partial charge in [0.05, 0.1) is 15.7 Å². The highest BCUT2D eigenvalue weighted by molar-refractivity contribution is 7.14. The van der Waals surface area contributed by atoms with Crippen LogP contribution in [-0.4, -0.2) is 18.2 Å². The molecule has 3 aromatic rings. The largest absolute Gasteiger partial charge is 0.486 e. The van der Waals surface area contributed by atoms with Crippen LogP contribution in [0.2, 0.25) is 10.0 Å². The van der Waals surface area contributed by atoms with E-state index in [2.05, 4.69) is 10.3 Å². The van der Waals surface area contributed by atoms with Gasteiger partial charge in [0.25, 0.3) is 0 Å². The molecule has 0 spiro atoms. The van der Waals surface area contributed by atoms with Gasteiger partial charge in [-0.15, -0.1) is 11.3 Å². The number of nitrogens with one attached hydrogen (secondary N) is 1. The minimum atomic E-state index is 0.517. The molecule has 4 rings (SSSR count). The van der Waals surface area contributed by atoms with Gasteiger partial charge in [0.1, 0.15) is 13.2 Å². The molecule has 1 aliphatic heterocycles. The molecule has 4 nitrogen and oxygen atoms in total. The second kappa shape index (κ2) is 6.51. The Morgan fingerprint density at radius 3 is 2.62 bits per heavy atom. The van der Waals surface area contributed by atoms with Crippen LogP contribution < -0.4 is 14.8 Å². The van der Waals surface area contributed by atoms with Gasteiger partial charge in [-0.25, -0.2) is 4.98 Å². The lowest BCUT2D eigenvalue weighted by molar-refractivity contribution is 0.171. The summed E-state index contributed by atoms with van der Waals surface area (Å²) < 4.78 is 11.1. The van der Waals surface area contributed by atoms with E-state index < -0.39 is 0 Å². The zero-order valence-electron chi connectivity index (χ0n) is 12.4. The van der Waals surface area contributed by atoms with Crippen LogP contribution in [0.25, 0.3) is 11.3 Å². The van der Waals surface area contributed by atoms with Crippen molar-refractivity contribution in [2.75, 3.05) is 18.5 Å². The molecule has 0 bridgehead atoms. The number of anilines is 2. The Hall–Kier alpha value is -1.95. The molecule has 0 radical (unpaired) electrons. The van der Waals surface area contributed by atoms with E-state index in [-0.39, 0.29) is 0 Å². The maximum Gasteiger partial charge on any atom is 0.187 e. The topological polar surface area (TPSA) is 43.4 Å². The van der Waals surface area contributed by atoms with Gasteiger partial charge in [0.2, 0.25) is 0 Å². The first kappa shape index (κ1) is 15.6. The van der Waals surface area contributed by atoms with E-state index in [4.69, 9.17) is 32.7 Å². The van der Waals surface area contributed by atoms with Gasteiger partial charge < -0.3 is 14.8 Å². The van der Waals surface area contributed by atoms with E-state index >= 15 is 0 Å². The van der Waals surface area contributed by atoms with E-state index in [9.17, 15) is 0 Å². The van der Waals surface area contributed by atoms with E-state index in [0.717, 1.165) is 33.6 Å². The molecule has 0 saturated carbocycles. The molecule has 7 heteroatoms. The molecule has 0 unspecified atom stereocenters. The number of aromatic nitrogens is 1. The van der Waals surface area contributed by atoms with Gasteiger partial charge in [0, 0.05) is 22.7 Å². The summed E-state index contributed by atoms with van der Waals surface area (Å²) in [5.74, 6) is 1.51. The van der Waals surface area contributed by atoms with Gasteiger partial charge >= 0.3 is 0 Å². The highest BCUT2D eigenvalue weighted by Crippen LogP contribution is 2.35. The summed E-state index contributed by atoms with van der Waals surface area (Å²) in [6.07, 6.45) is 0. The number of nitrogens with zero attached hydrogens (tertiary/aromatic N) is 1. The van der Waals surface area contributed by atoms with Gasteiger partial charge in [-0.05, 0) is 24.3 Å². The molecule has 2 heterocycles. The first-order chi connectivity index (χ1) is 11.7. The third-order valence-electron chi connectivity index (χ3n) is 3.51. The van der Waals surface area contributed by atoms with Gasteiger partial charge in [-0.2, -0.15) is 0 Å². The monoisotopic (exact) mass is 378 g/mol. The Balaban J connectivity index is 1.56. The number of halogens is 2. The van der Waals surface area contributed by atoms with Crippen LogP contribution >= 0.6 is 34.5 Å². The van der Waals surface area contributed by atoms with Crippen molar-refractivity contribution in [3.05, 3.63) is 51.8 Å². The Kier molecular flexibility index (Phi) is 4.22. The van der Waals surface area contributed by atoms with Crippen LogP contribution in [0, 0.1) is 0 Å². The molecule has 1 aliphatic rings. The third-order valence-corrected chi connectivity index (χ3v) is 5.01. The number of hydrogen-bond acceptors (Lipinski definition) is 5. The van der Waals surface area contributed by atoms with E-state index in [0.29, 0.717) is 23.3 Å². The molecule has 2 aromatic carbocycles. The summed E-state index contributed by atoms with van der Waals surface area (Å²) in [5.41, 5.74) is 2.67. The fraction of sp³-hybridized carbons (Fsp3) is 0.118. The number of rotatable bonds is 3. The molecule has 0 amide bonds. The Morgan fingerprint density at radius 2 is 1.79 bits per heavy atom. The molecule has 0 fully saturated rings. The van der Waals surface area contributed by atoms with E-state index in [1.165, 1.54) is 11.3 Å². The predicted octanol–water partition coefficient (Wildman–Crippen LogP) is 5.63. The van der Waals surface area contributed by atoms with Crippen molar-refractivity contribution >= 4 is 45.4 Å². The zero-order valence-corrected chi connectivity index (χ0v) is 14.7. The average Bonchev–Trinajstić information content (AvgIpc) is 3.06. The first-order valence-electron chi connectivity index (χ1n) is 7.27. The summed E-state index contributed by atoms with van der Waals surface area (Å²) >= 11 is 13.5. The van der Waals surface area contributed by atoms with E-state index in [1.54, 1.807) is 6.07 Å². The molecule has 24 heavy (non-hydrogen) atoms. The smallest absolute Gasteiger partial charge is 0.187 e. The van der Waals surface area contributed by atoms with Crippen molar-refractivity contribution in [3.63, 3.8) is 0 Å². The second-order valence-electron chi connectivity index (χ2n) is 5.15. The van der Waals surface area contributed by atoms with Crippen LogP contribution in [0.4, 0.5) is 10.8 Å². The highest BCUT2D eigenvalue weighted by atomic mass is 35.5. The zero-order chi connectivity index (χ0) is 16.5. The minimum absolute atomic E-state index is 0.517. The molecule has 122 valence electrons. The summed E-state index contributed by atoms with van der Waals surface area (Å²) in [5, 5.41) is 7.09. The maximum atomic E-state index is 6.07. The molecule has 0 saturated heterocycles. The summed E-state index contributed by atoms with van der Waals surface area (Å²) in [6.45, 7) is 1.15. The maximum absolute atomic E-state index is 6.07. The second-order valence-corrected chi connectivity index (χ2v) is 6.82. The van der Waals surface area contributed by atoms with Crippen molar-refractivity contribution in [1.29, 1.82) is 0 Å². The Morgan fingerprint density at radius 1 is 0.958 bits per heavy atom. The van der Waals surface area contributed by atoms with Crippen LogP contribution in [-0.2, 0) is 0 Å². The van der Waals surface area contributed by atoms with Crippen molar-refractivity contribution in [2.45, 2.75) is 0 Å². The summed E-state index contributed by atoms with van der Waals surface area (Å²) in [7, 11) is 0. The van der Waals surface area contributed by atoms with Gasteiger partial charge in [-0.3, -0.25) is 0 Å². The van der Waals surface area contributed by atoms with E-state index in [1.807, 2.05) is 35.7 Å². The standard InChI is InChI=1S/C17H12Cl2N2O2S/c18-12-3-1-10(7-13(12)19)14-9-24-17(21-14)20-11-2-4-15-16(8-11)23-6-5-22-15/h1-4,7-9H,5-6H2,(H,20,21). The Bertz CT molecular complexity index is 898. The number of fused-ring (bicyclic) bond motifs is 1. The normalized spacial score (nSPS) is 12.9. The van der Waals surface area contributed by atoms with Crippen LogP contribution in [0.1, 0.15) is 0 Å². The number of ether oxygens (including phenoxy) is 2. The SMILES string of the molecule is Clc1ccc(-c2csc(Nc3ccc4c(c3)OCCO4)n2)cc1Cl. The minimum Gasteiger partial charge on any atom is -0.486 e. The third kappa shape index (κ3) is 3.15.